The second kappa shape index (κ2) is 7.21. The molecule has 0 aliphatic carbocycles. The summed E-state index contributed by atoms with van der Waals surface area (Å²) >= 11 is 0. The molecule has 0 spiro atoms. The topological polar surface area (TPSA) is 69.7 Å². The van der Waals surface area contributed by atoms with Gasteiger partial charge in [-0.1, -0.05) is 12.1 Å². The summed E-state index contributed by atoms with van der Waals surface area (Å²) < 4.78 is 13.0. The third-order valence-electron chi connectivity index (χ3n) is 3.75. The molecule has 0 radical (unpaired) electrons. The number of halogens is 1. The van der Waals surface area contributed by atoms with Gasteiger partial charge in [0.1, 0.15) is 5.82 Å². The zero-order chi connectivity index (χ0) is 17.0. The number of nitrogens with one attached hydrogen (secondary N) is 1. The van der Waals surface area contributed by atoms with E-state index in [0.29, 0.717) is 13.0 Å². The third kappa shape index (κ3) is 4.28. The zero-order valence-electron chi connectivity index (χ0n) is 13.2. The van der Waals surface area contributed by atoms with E-state index in [1.165, 1.54) is 17.0 Å². The van der Waals surface area contributed by atoms with Crippen LogP contribution in [0.25, 0.3) is 0 Å². The number of carbonyl (C=O) groups excluding carboxylic acids is 3. The first kappa shape index (κ1) is 16.9. The van der Waals surface area contributed by atoms with E-state index in [1.807, 2.05) is 0 Å². The Balaban J connectivity index is 2.16. The molecule has 2 rings (SSSR count). The lowest BCUT2D eigenvalue weighted by Gasteiger charge is -2.30. The minimum atomic E-state index is -0.566. The third-order valence-corrected chi connectivity index (χ3v) is 3.75. The predicted molar refractivity (Wildman–Crippen MR) is 82.0 cm³/mol. The normalized spacial score (nSPS) is 16.0. The van der Waals surface area contributed by atoms with Gasteiger partial charge in [0.15, 0.2) is 0 Å². The van der Waals surface area contributed by atoms with E-state index in [-0.39, 0.29) is 30.6 Å². The number of benzene rings is 1. The summed E-state index contributed by atoms with van der Waals surface area (Å²) in [5.74, 6) is -1.39. The zero-order valence-corrected chi connectivity index (χ0v) is 13.2. The van der Waals surface area contributed by atoms with E-state index in [0.717, 1.165) is 10.5 Å². The highest BCUT2D eigenvalue weighted by atomic mass is 19.1. The predicted octanol–water partition coefficient (Wildman–Crippen LogP) is 1.01. The molecule has 1 aromatic carbocycles. The molecule has 1 aromatic rings. The maximum Gasteiger partial charge on any atom is 0.324 e. The molecule has 1 aliphatic heterocycles. The Morgan fingerprint density at radius 3 is 2.52 bits per heavy atom. The smallest absolute Gasteiger partial charge is 0.324 e. The van der Waals surface area contributed by atoms with Gasteiger partial charge < -0.3 is 10.2 Å². The molecular weight excluding hydrogens is 301 g/mol. The van der Waals surface area contributed by atoms with Crippen molar-refractivity contribution in [1.82, 2.24) is 15.1 Å². The molecule has 4 amide bonds. The Morgan fingerprint density at radius 1 is 1.30 bits per heavy atom. The first-order valence-corrected chi connectivity index (χ1v) is 7.42. The number of carbonyl (C=O) groups is 3. The number of hydrogen-bond acceptors (Lipinski definition) is 3. The van der Waals surface area contributed by atoms with E-state index in [2.05, 4.69) is 5.32 Å². The van der Waals surface area contributed by atoms with Crippen molar-refractivity contribution in [1.29, 1.82) is 0 Å². The number of rotatable bonds is 5. The fraction of sp³-hybridized carbons (Fsp3) is 0.438. The first-order chi connectivity index (χ1) is 10.9. The fourth-order valence-corrected chi connectivity index (χ4v) is 2.53. The Kier molecular flexibility index (Phi) is 5.31. The Morgan fingerprint density at radius 2 is 1.96 bits per heavy atom. The van der Waals surface area contributed by atoms with Crippen molar-refractivity contribution < 1.29 is 18.8 Å². The number of urea groups is 1. The van der Waals surface area contributed by atoms with Crippen LogP contribution in [0.5, 0.6) is 0 Å². The molecule has 0 bridgehead atoms. The van der Waals surface area contributed by atoms with Crippen molar-refractivity contribution in [2.75, 3.05) is 27.2 Å². The van der Waals surface area contributed by atoms with Crippen LogP contribution in [0.15, 0.2) is 24.3 Å². The second-order valence-electron chi connectivity index (χ2n) is 5.75. The van der Waals surface area contributed by atoms with E-state index < -0.39 is 11.9 Å². The number of hydrogen-bond donors (Lipinski definition) is 1. The molecule has 0 saturated carbocycles. The van der Waals surface area contributed by atoms with Crippen LogP contribution in [-0.4, -0.2) is 54.8 Å². The average Bonchev–Trinajstić information content (AvgIpc) is 2.51. The van der Waals surface area contributed by atoms with Gasteiger partial charge in [0, 0.05) is 33.6 Å². The van der Waals surface area contributed by atoms with Gasteiger partial charge in [-0.2, -0.15) is 0 Å². The van der Waals surface area contributed by atoms with Crippen molar-refractivity contribution >= 4 is 17.8 Å². The number of nitrogens with zero attached hydrogens (tertiary/aromatic N) is 2. The highest BCUT2D eigenvalue weighted by molar-refractivity contribution is 5.97. The Bertz CT molecular complexity index is 585. The molecule has 7 heteroatoms. The molecule has 1 atom stereocenters. The molecular formula is C16H20FN3O3. The fourth-order valence-electron chi connectivity index (χ4n) is 2.53. The van der Waals surface area contributed by atoms with Crippen LogP contribution in [0, 0.1) is 11.7 Å². The molecule has 124 valence electrons. The summed E-state index contributed by atoms with van der Waals surface area (Å²) in [5, 5.41) is 2.60. The summed E-state index contributed by atoms with van der Waals surface area (Å²) in [5.41, 5.74) is 0.775. The largest absolute Gasteiger partial charge is 0.349 e. The van der Waals surface area contributed by atoms with Gasteiger partial charge in [0.25, 0.3) is 0 Å². The lowest BCUT2D eigenvalue weighted by molar-refractivity contribution is -0.135. The molecule has 1 aliphatic rings. The van der Waals surface area contributed by atoms with Crippen LogP contribution < -0.4 is 5.32 Å². The van der Waals surface area contributed by atoms with E-state index in [4.69, 9.17) is 0 Å². The Hall–Kier alpha value is -2.44. The van der Waals surface area contributed by atoms with Crippen molar-refractivity contribution in [3.05, 3.63) is 35.6 Å². The van der Waals surface area contributed by atoms with Crippen LogP contribution in [-0.2, 0) is 16.0 Å². The van der Waals surface area contributed by atoms with E-state index in [9.17, 15) is 18.8 Å². The van der Waals surface area contributed by atoms with Crippen LogP contribution in [0.1, 0.15) is 12.0 Å². The van der Waals surface area contributed by atoms with Gasteiger partial charge in [-0.3, -0.25) is 14.5 Å². The van der Waals surface area contributed by atoms with Gasteiger partial charge in [-0.05, 0) is 24.1 Å². The lowest BCUT2D eigenvalue weighted by Crippen LogP contribution is -2.53. The molecule has 1 saturated heterocycles. The maximum absolute atomic E-state index is 13.0. The molecule has 1 unspecified atom stereocenters. The van der Waals surface area contributed by atoms with Crippen LogP contribution in [0.4, 0.5) is 9.18 Å². The molecule has 1 N–H and O–H groups in total. The summed E-state index contributed by atoms with van der Waals surface area (Å²) in [6.45, 7) is 0.331. The number of amides is 4. The van der Waals surface area contributed by atoms with E-state index >= 15 is 0 Å². The van der Waals surface area contributed by atoms with Crippen LogP contribution in [0.2, 0.25) is 0 Å². The second-order valence-corrected chi connectivity index (χ2v) is 5.75. The minimum absolute atomic E-state index is 0.0130. The summed E-state index contributed by atoms with van der Waals surface area (Å²) in [4.78, 5) is 38.7. The summed E-state index contributed by atoms with van der Waals surface area (Å²) in [6, 6.07) is 5.38. The van der Waals surface area contributed by atoms with E-state index in [1.54, 1.807) is 26.2 Å². The standard InChI is InChI=1S/C16H20FN3O3/c1-19(2)15(22)12(9-11-3-5-13(17)6-4-11)10-20-14(21)7-8-18-16(20)23/h3-6,12H,7-10H2,1-2H3,(H,18,23). The molecule has 1 fully saturated rings. The minimum Gasteiger partial charge on any atom is -0.349 e. The van der Waals surface area contributed by atoms with Crippen molar-refractivity contribution in [2.24, 2.45) is 5.92 Å². The van der Waals surface area contributed by atoms with Crippen molar-refractivity contribution in [3.63, 3.8) is 0 Å². The molecule has 23 heavy (non-hydrogen) atoms. The van der Waals surface area contributed by atoms with Gasteiger partial charge in [0.2, 0.25) is 11.8 Å². The summed E-state index contributed by atoms with van der Waals surface area (Å²) in [7, 11) is 3.25. The van der Waals surface area contributed by atoms with Crippen molar-refractivity contribution in [3.8, 4) is 0 Å². The molecule has 0 aromatic heterocycles. The van der Waals surface area contributed by atoms with Gasteiger partial charge in [-0.25, -0.2) is 9.18 Å². The quantitative estimate of drug-likeness (QED) is 0.880. The highest BCUT2D eigenvalue weighted by Gasteiger charge is 2.31. The molecule has 6 nitrogen and oxygen atoms in total. The van der Waals surface area contributed by atoms with Gasteiger partial charge in [0.05, 0.1) is 5.92 Å². The number of imide groups is 1. The average molecular weight is 321 g/mol. The highest BCUT2D eigenvalue weighted by Crippen LogP contribution is 2.15. The summed E-state index contributed by atoms with van der Waals surface area (Å²) in [6.07, 6.45) is 0.555. The Labute approximate surface area is 134 Å². The van der Waals surface area contributed by atoms with Gasteiger partial charge >= 0.3 is 6.03 Å². The lowest BCUT2D eigenvalue weighted by atomic mass is 9.97. The monoisotopic (exact) mass is 321 g/mol. The molecule has 1 heterocycles. The van der Waals surface area contributed by atoms with Gasteiger partial charge in [-0.15, -0.1) is 0 Å². The maximum atomic E-state index is 13.0. The van der Waals surface area contributed by atoms with Crippen LogP contribution >= 0.6 is 0 Å². The van der Waals surface area contributed by atoms with Crippen molar-refractivity contribution in [2.45, 2.75) is 12.8 Å². The first-order valence-electron chi connectivity index (χ1n) is 7.42. The SMILES string of the molecule is CN(C)C(=O)C(Cc1ccc(F)cc1)CN1C(=O)CCNC1=O. The van der Waals surface area contributed by atoms with Crippen LogP contribution in [0.3, 0.4) is 0 Å².